The summed E-state index contributed by atoms with van der Waals surface area (Å²) in [4.78, 5) is 5.82. The second-order valence-corrected chi connectivity index (χ2v) is 6.10. The van der Waals surface area contributed by atoms with Crippen molar-refractivity contribution in [1.29, 1.82) is 0 Å². The van der Waals surface area contributed by atoms with E-state index in [0.29, 0.717) is 0 Å². The molecule has 0 aliphatic heterocycles. The summed E-state index contributed by atoms with van der Waals surface area (Å²) in [5.74, 6) is 1.85. The average Bonchev–Trinajstić information content (AvgIpc) is 3.20. The minimum absolute atomic E-state index is 0.0252. The molecule has 4 nitrogen and oxygen atoms in total. The molecular formula is C17H19N3OS. The lowest BCUT2D eigenvalue weighted by molar-refractivity contribution is 0.413. The summed E-state index contributed by atoms with van der Waals surface area (Å²) in [6.45, 7) is 0.812. The Balaban J connectivity index is 1.90. The number of aryl methyl sites for hydroxylation is 1. The highest BCUT2D eigenvalue weighted by molar-refractivity contribution is 7.09. The van der Waals surface area contributed by atoms with Crippen LogP contribution in [-0.4, -0.2) is 16.7 Å². The van der Waals surface area contributed by atoms with Crippen molar-refractivity contribution in [1.82, 2.24) is 14.9 Å². The number of hydrogen-bond donors (Lipinski definition) is 1. The number of nitrogens with one attached hydrogen (secondary N) is 1. The smallest absolute Gasteiger partial charge is 0.130 e. The zero-order valence-electron chi connectivity index (χ0n) is 12.7. The molecule has 0 unspecified atom stereocenters. The van der Waals surface area contributed by atoms with Crippen LogP contribution in [0.4, 0.5) is 0 Å². The zero-order chi connectivity index (χ0) is 15.4. The van der Waals surface area contributed by atoms with Gasteiger partial charge in [-0.1, -0.05) is 18.2 Å². The number of aromatic nitrogens is 2. The molecule has 2 heterocycles. The number of methoxy groups -OCH3 is 1. The topological polar surface area (TPSA) is 39.1 Å². The van der Waals surface area contributed by atoms with Gasteiger partial charge in [0.15, 0.2) is 0 Å². The summed E-state index contributed by atoms with van der Waals surface area (Å²) in [7, 11) is 3.70. The quantitative estimate of drug-likeness (QED) is 0.758. The maximum absolute atomic E-state index is 5.35. The average molecular weight is 313 g/mol. The van der Waals surface area contributed by atoms with Crippen molar-refractivity contribution in [3.63, 3.8) is 0 Å². The van der Waals surface area contributed by atoms with E-state index in [9.17, 15) is 0 Å². The summed E-state index contributed by atoms with van der Waals surface area (Å²) >= 11 is 1.75. The molecule has 1 aromatic carbocycles. The van der Waals surface area contributed by atoms with E-state index in [-0.39, 0.29) is 6.04 Å². The number of rotatable bonds is 6. The number of thiophene rings is 1. The van der Waals surface area contributed by atoms with Crippen LogP contribution >= 0.6 is 11.3 Å². The Morgan fingerprint density at radius 1 is 1.32 bits per heavy atom. The number of benzene rings is 1. The number of nitrogens with zero attached hydrogens (tertiary/aromatic N) is 2. The molecule has 1 N–H and O–H groups in total. The summed E-state index contributed by atoms with van der Waals surface area (Å²) in [6, 6.07) is 12.4. The second-order valence-electron chi connectivity index (χ2n) is 5.07. The Bertz CT molecular complexity index is 721. The van der Waals surface area contributed by atoms with Crippen molar-refractivity contribution in [2.24, 2.45) is 7.05 Å². The number of imidazole rings is 1. The molecule has 2 aromatic heterocycles. The SMILES string of the molecule is COc1cccc([C@@H](NCc2cccs2)c2nccn2C)c1. The standard InChI is InChI=1S/C17H19N3OS/c1-20-9-8-18-17(20)16(19-12-15-7-4-10-22-15)13-5-3-6-14(11-13)21-2/h3-11,16,19H,12H2,1-2H3/t16-/m1/s1. The monoisotopic (exact) mass is 313 g/mol. The molecule has 0 saturated carbocycles. The van der Waals surface area contributed by atoms with Gasteiger partial charge in [0.2, 0.25) is 0 Å². The van der Waals surface area contributed by atoms with Gasteiger partial charge in [0.25, 0.3) is 0 Å². The van der Waals surface area contributed by atoms with Crippen LogP contribution < -0.4 is 10.1 Å². The molecule has 5 heteroatoms. The molecule has 0 aliphatic rings. The normalized spacial score (nSPS) is 12.3. The highest BCUT2D eigenvalue weighted by Crippen LogP contribution is 2.25. The highest BCUT2D eigenvalue weighted by atomic mass is 32.1. The molecule has 1 atom stereocenters. The van der Waals surface area contributed by atoms with Gasteiger partial charge >= 0.3 is 0 Å². The number of ether oxygens (including phenoxy) is 1. The third-order valence-electron chi connectivity index (χ3n) is 3.60. The minimum Gasteiger partial charge on any atom is -0.497 e. The zero-order valence-corrected chi connectivity index (χ0v) is 13.5. The Labute approximate surface area is 134 Å². The fraction of sp³-hybridized carbons (Fsp3) is 0.235. The van der Waals surface area contributed by atoms with Gasteiger partial charge in [0.1, 0.15) is 11.6 Å². The van der Waals surface area contributed by atoms with Gasteiger partial charge in [-0.2, -0.15) is 0 Å². The molecule has 0 aliphatic carbocycles. The van der Waals surface area contributed by atoms with E-state index >= 15 is 0 Å². The van der Waals surface area contributed by atoms with Crippen molar-refractivity contribution in [3.05, 3.63) is 70.4 Å². The van der Waals surface area contributed by atoms with Crippen LogP contribution in [0, 0.1) is 0 Å². The van der Waals surface area contributed by atoms with E-state index in [1.807, 2.05) is 36.1 Å². The summed E-state index contributed by atoms with van der Waals surface area (Å²) in [6.07, 6.45) is 3.80. The van der Waals surface area contributed by atoms with Crippen molar-refractivity contribution in [3.8, 4) is 5.75 Å². The van der Waals surface area contributed by atoms with Gasteiger partial charge in [-0.25, -0.2) is 4.98 Å². The van der Waals surface area contributed by atoms with Crippen molar-refractivity contribution in [2.45, 2.75) is 12.6 Å². The lowest BCUT2D eigenvalue weighted by Crippen LogP contribution is -2.24. The lowest BCUT2D eigenvalue weighted by atomic mass is 10.1. The molecule has 0 saturated heterocycles. The maximum atomic E-state index is 5.35. The summed E-state index contributed by atoms with van der Waals surface area (Å²) < 4.78 is 7.40. The van der Waals surface area contributed by atoms with Crippen LogP contribution in [0.3, 0.4) is 0 Å². The molecular weight excluding hydrogens is 294 g/mol. The first kappa shape index (κ1) is 14.8. The van der Waals surface area contributed by atoms with Crippen LogP contribution in [-0.2, 0) is 13.6 Å². The molecule has 3 rings (SSSR count). The first-order valence-electron chi connectivity index (χ1n) is 7.15. The van der Waals surface area contributed by atoms with Crippen molar-refractivity contribution >= 4 is 11.3 Å². The second kappa shape index (κ2) is 6.77. The predicted molar refractivity (Wildman–Crippen MR) is 89.2 cm³/mol. The first-order chi connectivity index (χ1) is 10.8. The van der Waals surface area contributed by atoms with Crippen LogP contribution in [0.2, 0.25) is 0 Å². The highest BCUT2D eigenvalue weighted by Gasteiger charge is 2.18. The van der Waals surface area contributed by atoms with Gasteiger partial charge in [0.05, 0.1) is 13.2 Å². The fourth-order valence-electron chi connectivity index (χ4n) is 2.45. The third kappa shape index (κ3) is 3.21. The summed E-state index contributed by atoms with van der Waals surface area (Å²) in [5, 5.41) is 5.70. The summed E-state index contributed by atoms with van der Waals surface area (Å²) in [5.41, 5.74) is 1.14. The van der Waals surface area contributed by atoms with E-state index in [2.05, 4.69) is 39.9 Å². The predicted octanol–water partition coefficient (Wildman–Crippen LogP) is 3.37. The van der Waals surface area contributed by atoms with Gasteiger partial charge in [-0.05, 0) is 29.1 Å². The maximum Gasteiger partial charge on any atom is 0.130 e. The molecule has 0 fully saturated rings. The molecule has 0 bridgehead atoms. The van der Waals surface area contributed by atoms with E-state index in [4.69, 9.17) is 4.74 Å². The van der Waals surface area contributed by atoms with E-state index < -0.39 is 0 Å². The van der Waals surface area contributed by atoms with Crippen LogP contribution in [0.25, 0.3) is 0 Å². The lowest BCUT2D eigenvalue weighted by Gasteiger charge is -2.19. The van der Waals surface area contributed by atoms with E-state index in [0.717, 1.165) is 23.7 Å². The van der Waals surface area contributed by atoms with Crippen LogP contribution in [0.15, 0.2) is 54.2 Å². The Hall–Kier alpha value is -2.11. The Kier molecular flexibility index (Phi) is 4.56. The van der Waals surface area contributed by atoms with E-state index in [1.165, 1.54) is 4.88 Å². The van der Waals surface area contributed by atoms with E-state index in [1.54, 1.807) is 18.4 Å². The molecule has 0 spiro atoms. The Morgan fingerprint density at radius 3 is 2.91 bits per heavy atom. The number of hydrogen-bond acceptors (Lipinski definition) is 4. The van der Waals surface area contributed by atoms with Gasteiger partial charge in [-0.3, -0.25) is 5.32 Å². The van der Waals surface area contributed by atoms with Gasteiger partial charge in [-0.15, -0.1) is 11.3 Å². The fourth-order valence-corrected chi connectivity index (χ4v) is 3.11. The minimum atomic E-state index is 0.0252. The molecule has 3 aromatic rings. The van der Waals surface area contributed by atoms with Crippen LogP contribution in [0.5, 0.6) is 5.75 Å². The Morgan fingerprint density at radius 2 is 2.23 bits per heavy atom. The third-order valence-corrected chi connectivity index (χ3v) is 4.48. The molecule has 0 amide bonds. The molecule has 0 radical (unpaired) electrons. The first-order valence-corrected chi connectivity index (χ1v) is 8.03. The largest absolute Gasteiger partial charge is 0.497 e. The molecule has 22 heavy (non-hydrogen) atoms. The van der Waals surface area contributed by atoms with Crippen LogP contribution in [0.1, 0.15) is 22.3 Å². The van der Waals surface area contributed by atoms with Crippen molar-refractivity contribution < 1.29 is 4.74 Å². The molecule has 114 valence electrons. The van der Waals surface area contributed by atoms with Gasteiger partial charge < -0.3 is 9.30 Å². The van der Waals surface area contributed by atoms with Crippen molar-refractivity contribution in [2.75, 3.05) is 7.11 Å². The van der Waals surface area contributed by atoms with Gasteiger partial charge in [0, 0.05) is 30.9 Å².